The molecule has 0 saturated carbocycles. The predicted octanol–water partition coefficient (Wildman–Crippen LogP) is 3.98. The molecule has 0 aromatic heterocycles. The van der Waals surface area contributed by atoms with E-state index in [1.807, 2.05) is 20.8 Å². The van der Waals surface area contributed by atoms with Crippen molar-refractivity contribution in [1.82, 2.24) is 4.90 Å². The van der Waals surface area contributed by atoms with Crippen LogP contribution < -0.4 is 0 Å². The van der Waals surface area contributed by atoms with Crippen LogP contribution >= 0.6 is 0 Å². The molecule has 1 aliphatic carbocycles. The topological polar surface area (TPSA) is 20.3 Å². The van der Waals surface area contributed by atoms with E-state index < -0.39 is 0 Å². The van der Waals surface area contributed by atoms with E-state index in [-0.39, 0.29) is 0 Å². The molecule has 2 nitrogen and oxygen atoms in total. The Balaban J connectivity index is 0.00000137. The van der Waals surface area contributed by atoms with Crippen molar-refractivity contribution in [2.45, 2.75) is 52.9 Å². The molecule has 1 rings (SSSR count). The summed E-state index contributed by atoms with van der Waals surface area (Å²) < 4.78 is 0. The molecule has 0 bridgehead atoms. The highest BCUT2D eigenvalue weighted by Crippen LogP contribution is 2.11. The van der Waals surface area contributed by atoms with E-state index in [0.29, 0.717) is 18.6 Å². The first kappa shape index (κ1) is 17.1. The van der Waals surface area contributed by atoms with Crippen LogP contribution in [0.15, 0.2) is 23.8 Å². The highest BCUT2D eigenvalue weighted by Gasteiger charge is 2.04. The van der Waals surface area contributed by atoms with Crippen molar-refractivity contribution in [2.75, 3.05) is 20.1 Å². The summed E-state index contributed by atoms with van der Waals surface area (Å²) in [6.07, 6.45) is 11.8. The van der Waals surface area contributed by atoms with E-state index >= 15 is 0 Å². The van der Waals surface area contributed by atoms with Gasteiger partial charge in [0.05, 0.1) is 0 Å². The fraction of sp³-hybridized carbons (Fsp3) is 0.688. The Kier molecular flexibility index (Phi) is 10.7. The van der Waals surface area contributed by atoms with Crippen molar-refractivity contribution in [3.05, 3.63) is 23.8 Å². The lowest BCUT2D eigenvalue weighted by molar-refractivity contribution is -0.119. The maximum absolute atomic E-state index is 11.2. The summed E-state index contributed by atoms with van der Waals surface area (Å²) in [6.45, 7) is 7.77. The summed E-state index contributed by atoms with van der Waals surface area (Å²) in [6, 6.07) is 0. The molecule has 0 fully saturated rings. The van der Waals surface area contributed by atoms with Crippen LogP contribution in [0.4, 0.5) is 0 Å². The molecule has 0 atom stereocenters. The Morgan fingerprint density at radius 1 is 1.33 bits per heavy atom. The Morgan fingerprint density at radius 3 is 2.72 bits per heavy atom. The molecule has 0 aliphatic heterocycles. The van der Waals surface area contributed by atoms with Crippen LogP contribution in [0.1, 0.15) is 52.9 Å². The minimum Gasteiger partial charge on any atom is -0.302 e. The quantitative estimate of drug-likeness (QED) is 0.711. The van der Waals surface area contributed by atoms with Crippen molar-refractivity contribution in [2.24, 2.45) is 0 Å². The van der Waals surface area contributed by atoms with Crippen LogP contribution in [0.5, 0.6) is 0 Å². The third-order valence-corrected chi connectivity index (χ3v) is 2.93. The maximum Gasteiger partial charge on any atom is 0.133 e. The number of allylic oxidation sites excluding steroid dienone is 2. The third kappa shape index (κ3) is 8.24. The third-order valence-electron chi connectivity index (χ3n) is 2.93. The molecule has 0 heterocycles. The first-order chi connectivity index (χ1) is 8.72. The van der Waals surface area contributed by atoms with E-state index in [1.165, 1.54) is 24.8 Å². The van der Waals surface area contributed by atoms with Crippen LogP contribution in [0, 0.1) is 0 Å². The predicted molar refractivity (Wildman–Crippen MR) is 79.8 cm³/mol. The number of likely N-dealkylation sites (N-methyl/N-ethyl adjacent to an activating group) is 1. The summed E-state index contributed by atoms with van der Waals surface area (Å²) in [5.74, 6) is 0.359. The highest BCUT2D eigenvalue weighted by atomic mass is 16.1. The van der Waals surface area contributed by atoms with Crippen LogP contribution in [-0.4, -0.2) is 30.8 Å². The zero-order valence-electron chi connectivity index (χ0n) is 12.5. The van der Waals surface area contributed by atoms with Crippen LogP contribution in [-0.2, 0) is 4.79 Å². The van der Waals surface area contributed by atoms with Gasteiger partial charge in [0, 0.05) is 25.9 Å². The zero-order chi connectivity index (χ0) is 13.8. The van der Waals surface area contributed by atoms with Gasteiger partial charge in [0.2, 0.25) is 0 Å². The van der Waals surface area contributed by atoms with Gasteiger partial charge in [-0.1, -0.05) is 39.0 Å². The first-order valence-electron chi connectivity index (χ1n) is 7.28. The maximum atomic E-state index is 11.2. The van der Waals surface area contributed by atoms with Gasteiger partial charge in [-0.05, 0) is 31.9 Å². The van der Waals surface area contributed by atoms with E-state index in [2.05, 4.69) is 30.2 Å². The molecule has 0 N–H and O–H groups in total. The number of carbonyl (C=O) groups is 1. The smallest absolute Gasteiger partial charge is 0.133 e. The molecule has 0 unspecified atom stereocenters. The molecule has 0 spiro atoms. The molecule has 0 saturated heterocycles. The molecule has 18 heavy (non-hydrogen) atoms. The number of nitrogens with zero attached hydrogens (tertiary/aromatic N) is 1. The monoisotopic (exact) mass is 251 g/mol. The van der Waals surface area contributed by atoms with Gasteiger partial charge in [-0.3, -0.25) is 4.79 Å². The van der Waals surface area contributed by atoms with E-state index in [1.54, 1.807) is 0 Å². The zero-order valence-corrected chi connectivity index (χ0v) is 12.5. The van der Waals surface area contributed by atoms with E-state index in [4.69, 9.17) is 0 Å². The van der Waals surface area contributed by atoms with Gasteiger partial charge in [-0.15, -0.1) is 0 Å². The largest absolute Gasteiger partial charge is 0.302 e. The lowest BCUT2D eigenvalue weighted by Gasteiger charge is -2.16. The molecule has 0 amide bonds. The Hall–Kier alpha value is -0.890. The van der Waals surface area contributed by atoms with Crippen molar-refractivity contribution in [3.63, 3.8) is 0 Å². The lowest BCUT2D eigenvalue weighted by Crippen LogP contribution is -2.23. The normalized spacial score (nSPS) is 14.6. The average Bonchev–Trinajstić information content (AvgIpc) is 2.67. The van der Waals surface area contributed by atoms with Gasteiger partial charge >= 0.3 is 0 Å². The Bertz CT molecular complexity index is 279. The van der Waals surface area contributed by atoms with E-state index in [9.17, 15) is 4.79 Å². The minimum absolute atomic E-state index is 0.359. The van der Waals surface area contributed by atoms with Crippen LogP contribution in [0.3, 0.4) is 0 Å². The fourth-order valence-corrected chi connectivity index (χ4v) is 1.83. The summed E-state index contributed by atoms with van der Waals surface area (Å²) >= 11 is 0. The highest BCUT2D eigenvalue weighted by molar-refractivity contribution is 5.78. The number of rotatable bonds is 6. The average molecular weight is 251 g/mol. The summed E-state index contributed by atoms with van der Waals surface area (Å²) in [5.41, 5.74) is 1.39. The molecule has 0 aromatic carbocycles. The second-order valence-corrected chi connectivity index (χ2v) is 4.49. The lowest BCUT2D eigenvalue weighted by atomic mass is 10.2. The fourth-order valence-electron chi connectivity index (χ4n) is 1.83. The van der Waals surface area contributed by atoms with E-state index in [0.717, 1.165) is 13.1 Å². The minimum atomic E-state index is 0.359. The second kappa shape index (κ2) is 11.2. The van der Waals surface area contributed by atoms with Gasteiger partial charge in [-0.25, -0.2) is 0 Å². The number of hydrogen-bond acceptors (Lipinski definition) is 2. The molecule has 1 aliphatic rings. The molecular formula is C16H29NO. The summed E-state index contributed by atoms with van der Waals surface area (Å²) in [4.78, 5) is 13.4. The molecule has 0 aromatic rings. The standard InChI is InChI=1S/C14H23NO.C2H6/c1-3-14(16)10-11-15(2)12-13-8-6-4-5-7-9-13;1-2/h6,8-9H,3-5,7,10-12H2,1-2H3;1-2H3. The van der Waals surface area contributed by atoms with Gasteiger partial charge in [0.1, 0.15) is 5.78 Å². The molecule has 104 valence electrons. The Labute approximate surface area is 113 Å². The Morgan fingerprint density at radius 2 is 2.06 bits per heavy atom. The van der Waals surface area contributed by atoms with Crippen molar-refractivity contribution >= 4 is 5.78 Å². The second-order valence-electron chi connectivity index (χ2n) is 4.49. The molecular weight excluding hydrogens is 222 g/mol. The summed E-state index contributed by atoms with van der Waals surface area (Å²) in [5, 5.41) is 0. The van der Waals surface area contributed by atoms with Crippen molar-refractivity contribution in [1.29, 1.82) is 0 Å². The van der Waals surface area contributed by atoms with Crippen molar-refractivity contribution < 1.29 is 4.79 Å². The van der Waals surface area contributed by atoms with Gasteiger partial charge in [-0.2, -0.15) is 0 Å². The number of carbonyl (C=O) groups excluding carboxylic acids is 1. The van der Waals surface area contributed by atoms with Crippen LogP contribution in [0.2, 0.25) is 0 Å². The van der Waals surface area contributed by atoms with Gasteiger partial charge in [0.15, 0.2) is 0 Å². The van der Waals surface area contributed by atoms with Gasteiger partial charge in [0.25, 0.3) is 0 Å². The summed E-state index contributed by atoms with van der Waals surface area (Å²) in [7, 11) is 2.09. The molecule has 2 heteroatoms. The van der Waals surface area contributed by atoms with Gasteiger partial charge < -0.3 is 4.90 Å². The van der Waals surface area contributed by atoms with Crippen LogP contribution in [0.25, 0.3) is 0 Å². The number of hydrogen-bond donors (Lipinski definition) is 0. The van der Waals surface area contributed by atoms with Crippen molar-refractivity contribution in [3.8, 4) is 0 Å². The number of ketones is 1. The number of Topliss-reactive ketones (excluding diaryl/α,β-unsaturated/α-hetero) is 1. The molecule has 0 radical (unpaired) electrons. The first-order valence-corrected chi connectivity index (χ1v) is 7.28. The SMILES string of the molecule is CC.CCC(=O)CCN(C)CC1=CCCCC=C1.